The zero-order chi connectivity index (χ0) is 30.1. The number of halogens is 10. The first-order chi connectivity index (χ1) is 18.2. The molecule has 5 nitrogen and oxygen atoms in total. The van der Waals surface area contributed by atoms with Crippen LogP contribution in [-0.4, -0.2) is 30.3 Å². The van der Waals surface area contributed by atoms with Crippen LogP contribution < -0.4 is 13.6 Å². The standard InChI is InChI=1S/C23H18F10O5P2/c1-40(35-17-11-5-2-6-12-17,36-18-13-7-3-8-14-18,37-19-15-9-4-10-16-19)38-39(34,22(30,31)20(24,25)26)23(32,33)21(27,28)29/h2-16H,1H3. The van der Waals surface area contributed by atoms with Gasteiger partial charge in [0.2, 0.25) is 0 Å². The van der Waals surface area contributed by atoms with E-state index < -0.39 is 55.8 Å². The Morgan fingerprint density at radius 2 is 0.775 bits per heavy atom. The Balaban J connectivity index is 2.42. The van der Waals surface area contributed by atoms with E-state index in [0.29, 0.717) is 6.66 Å². The third kappa shape index (κ3) is 6.01. The third-order valence-corrected chi connectivity index (χ3v) is 11.1. The molecule has 0 spiro atoms. The fourth-order valence-electron chi connectivity index (χ4n) is 3.12. The van der Waals surface area contributed by atoms with E-state index in [1.165, 1.54) is 54.6 Å². The molecule has 0 atom stereocenters. The number of benzene rings is 3. The molecule has 220 valence electrons. The first-order valence-electron chi connectivity index (χ1n) is 10.7. The van der Waals surface area contributed by atoms with Crippen LogP contribution in [-0.2, 0) is 8.88 Å². The van der Waals surface area contributed by atoms with E-state index in [2.05, 4.69) is 4.31 Å². The van der Waals surface area contributed by atoms with Gasteiger partial charge in [0.25, 0.3) is 0 Å². The van der Waals surface area contributed by atoms with E-state index in [1.807, 2.05) is 0 Å². The average molecular weight is 626 g/mol. The molecule has 0 aliphatic carbocycles. The molecule has 0 bridgehead atoms. The maximum absolute atomic E-state index is 14.7. The number of alkyl halides is 10. The molecule has 0 N–H and O–H groups in total. The summed E-state index contributed by atoms with van der Waals surface area (Å²) in [7, 11) is -15.5. The van der Waals surface area contributed by atoms with Gasteiger partial charge >= 0.3 is 220 Å². The molecule has 0 aromatic heterocycles. The Hall–Kier alpha value is -3.02. The van der Waals surface area contributed by atoms with E-state index in [9.17, 15) is 48.5 Å². The predicted molar refractivity (Wildman–Crippen MR) is 125 cm³/mol. The summed E-state index contributed by atoms with van der Waals surface area (Å²) in [6, 6.07) is 17.5. The Morgan fingerprint density at radius 1 is 0.525 bits per heavy atom. The zero-order valence-electron chi connectivity index (χ0n) is 19.9. The molecular formula is C23H18F10O5P2. The molecule has 0 saturated carbocycles. The number of rotatable bonds is 10. The molecule has 3 aromatic carbocycles. The van der Waals surface area contributed by atoms with Crippen LogP contribution in [0.15, 0.2) is 91.0 Å². The van der Waals surface area contributed by atoms with Crippen LogP contribution in [0.25, 0.3) is 0 Å². The summed E-state index contributed by atoms with van der Waals surface area (Å²) in [6.07, 6.45) is -14.4. The molecule has 40 heavy (non-hydrogen) atoms. The Labute approximate surface area is 220 Å². The van der Waals surface area contributed by atoms with E-state index in [1.54, 1.807) is 0 Å². The van der Waals surface area contributed by atoms with Crippen LogP contribution in [0.4, 0.5) is 43.9 Å². The molecule has 0 fully saturated rings. The normalized spacial score (nSPS) is 14.6. The van der Waals surface area contributed by atoms with Crippen molar-refractivity contribution in [3.63, 3.8) is 0 Å². The number of hydrogen-bond acceptors (Lipinski definition) is 5. The second kappa shape index (κ2) is 10.4. The summed E-state index contributed by atoms with van der Waals surface area (Å²) in [5.74, 6) is -1.69. The minimum absolute atomic E-state index is 0.310. The Morgan fingerprint density at radius 3 is 1.00 bits per heavy atom. The van der Waals surface area contributed by atoms with Crippen molar-refractivity contribution in [3.05, 3.63) is 91.0 Å². The summed E-state index contributed by atoms with van der Waals surface area (Å²) in [5, 5.41) is 0. The molecule has 0 aliphatic rings. The fourth-order valence-corrected chi connectivity index (χ4v) is 9.29. The molecule has 3 aromatic rings. The monoisotopic (exact) mass is 626 g/mol. The van der Waals surface area contributed by atoms with Crippen LogP contribution in [0.2, 0.25) is 0 Å². The summed E-state index contributed by atoms with van der Waals surface area (Å²) in [5.41, 5.74) is -14.6. The molecule has 17 heteroatoms. The van der Waals surface area contributed by atoms with Gasteiger partial charge < -0.3 is 0 Å². The van der Waals surface area contributed by atoms with Gasteiger partial charge in [-0.25, -0.2) is 0 Å². The van der Waals surface area contributed by atoms with Gasteiger partial charge in [-0.2, -0.15) is 0 Å². The average Bonchev–Trinajstić information content (AvgIpc) is 2.84. The van der Waals surface area contributed by atoms with Crippen molar-refractivity contribution in [2.45, 2.75) is 23.7 Å². The van der Waals surface area contributed by atoms with Gasteiger partial charge in [0.05, 0.1) is 0 Å². The number of hydrogen-bond donors (Lipinski definition) is 0. The maximum atomic E-state index is 14.7. The van der Waals surface area contributed by atoms with Gasteiger partial charge in [-0.15, -0.1) is 0 Å². The fraction of sp³-hybridized carbons (Fsp3) is 0.217. The first-order valence-corrected chi connectivity index (χ1v) is 14.7. The van der Waals surface area contributed by atoms with Crippen molar-refractivity contribution in [1.82, 2.24) is 0 Å². The summed E-state index contributed by atoms with van der Waals surface area (Å²) in [4.78, 5) is 0. The summed E-state index contributed by atoms with van der Waals surface area (Å²) in [6.45, 7) is 0.310. The second-order valence-corrected chi connectivity index (χ2v) is 13.9. The van der Waals surface area contributed by atoms with Gasteiger partial charge in [0, 0.05) is 0 Å². The molecular weight excluding hydrogens is 608 g/mol. The van der Waals surface area contributed by atoms with Gasteiger partial charge in [-0.3, -0.25) is 0 Å². The number of para-hydroxylation sites is 3. The van der Waals surface area contributed by atoms with Crippen molar-refractivity contribution in [2.24, 2.45) is 0 Å². The van der Waals surface area contributed by atoms with Gasteiger partial charge in [-0.05, 0) is 0 Å². The van der Waals surface area contributed by atoms with Crippen molar-refractivity contribution in [1.29, 1.82) is 0 Å². The third-order valence-electron chi connectivity index (χ3n) is 4.87. The minimum atomic E-state index is -8.70. The van der Waals surface area contributed by atoms with E-state index in [0.717, 1.165) is 36.4 Å². The Kier molecular flexibility index (Phi) is 8.21. The van der Waals surface area contributed by atoms with E-state index >= 15 is 0 Å². The topological polar surface area (TPSA) is 54.0 Å². The van der Waals surface area contributed by atoms with Crippen molar-refractivity contribution in [3.8, 4) is 17.2 Å². The molecule has 0 heterocycles. The summed E-state index contributed by atoms with van der Waals surface area (Å²) >= 11 is 0. The molecule has 0 unspecified atom stereocenters. The van der Waals surface area contributed by atoms with Crippen molar-refractivity contribution in [2.75, 3.05) is 6.66 Å². The molecule has 0 amide bonds. The summed E-state index contributed by atoms with van der Waals surface area (Å²) < 4.78 is 173. The first kappa shape index (κ1) is 31.5. The molecule has 0 aliphatic heterocycles. The van der Waals surface area contributed by atoms with Crippen LogP contribution in [0, 0.1) is 0 Å². The quantitative estimate of drug-likeness (QED) is 0.166. The molecule has 0 saturated heterocycles. The van der Waals surface area contributed by atoms with Gasteiger partial charge in [0.15, 0.2) is 0 Å². The van der Waals surface area contributed by atoms with E-state index in [-0.39, 0.29) is 0 Å². The van der Waals surface area contributed by atoms with Gasteiger partial charge in [-0.1, -0.05) is 0 Å². The van der Waals surface area contributed by atoms with Gasteiger partial charge in [0.1, 0.15) is 0 Å². The second-order valence-electron chi connectivity index (χ2n) is 8.10. The van der Waals surface area contributed by atoms with Crippen LogP contribution >= 0.6 is 14.9 Å². The van der Waals surface area contributed by atoms with Crippen molar-refractivity contribution >= 4 is 14.9 Å². The molecule has 3 rings (SSSR count). The Bertz CT molecular complexity index is 1200. The zero-order valence-corrected chi connectivity index (χ0v) is 21.7. The van der Waals surface area contributed by atoms with Crippen LogP contribution in [0.5, 0.6) is 17.2 Å². The van der Waals surface area contributed by atoms with Crippen LogP contribution in [0.3, 0.4) is 0 Å². The van der Waals surface area contributed by atoms with Crippen LogP contribution in [0.1, 0.15) is 0 Å². The molecule has 0 radical (unpaired) electrons. The van der Waals surface area contributed by atoms with Crippen molar-refractivity contribution < 1.29 is 66.4 Å². The SMILES string of the molecule is CP(Oc1ccccc1)(Oc1ccccc1)(Oc1ccccc1)OP(=O)(C(F)(F)C(F)(F)F)C(F)(F)C(F)(F)F. The predicted octanol–water partition coefficient (Wildman–Crippen LogP) is 9.67. The van der Waals surface area contributed by atoms with E-state index in [4.69, 9.17) is 13.6 Å².